The minimum Gasteiger partial charge on any atom is -0.377 e. The molecule has 1 atom stereocenters. The number of ether oxygens (including phenoxy) is 1. The van der Waals surface area contributed by atoms with Crippen LogP contribution < -0.4 is 10.6 Å². The van der Waals surface area contributed by atoms with Crippen LogP contribution >= 0.6 is 0 Å². The van der Waals surface area contributed by atoms with Gasteiger partial charge in [-0.3, -0.25) is 9.97 Å². The number of carbonyl (C=O) groups is 1. The maximum Gasteiger partial charge on any atom is 0.418 e. The predicted octanol–water partition coefficient (Wildman–Crippen LogP) is 5.34. The van der Waals surface area contributed by atoms with Crippen LogP contribution in [0.25, 0.3) is 0 Å². The molecule has 1 aliphatic carbocycles. The van der Waals surface area contributed by atoms with Gasteiger partial charge in [0.15, 0.2) is 0 Å². The van der Waals surface area contributed by atoms with Crippen LogP contribution in [-0.2, 0) is 10.9 Å². The summed E-state index contributed by atoms with van der Waals surface area (Å²) in [5, 5.41) is 5.08. The average molecular weight is 408 g/mol. The Hall–Kier alpha value is -2.68. The molecule has 0 spiro atoms. The van der Waals surface area contributed by atoms with E-state index in [-0.39, 0.29) is 23.4 Å². The highest BCUT2D eigenvalue weighted by molar-refractivity contribution is 6.00. The monoisotopic (exact) mass is 408 g/mol. The van der Waals surface area contributed by atoms with Crippen molar-refractivity contribution in [3.05, 3.63) is 46.5 Å². The second kappa shape index (κ2) is 7.98. The molecular weight excluding hydrogens is 385 g/mol. The summed E-state index contributed by atoms with van der Waals surface area (Å²) in [6, 6.07) is 0.242. The molecule has 2 amide bonds. The smallest absolute Gasteiger partial charge is 0.377 e. The molecule has 29 heavy (non-hydrogen) atoms. The lowest BCUT2D eigenvalue weighted by atomic mass is 10.0. The lowest BCUT2D eigenvalue weighted by Crippen LogP contribution is -2.22. The van der Waals surface area contributed by atoms with Gasteiger partial charge in [-0.1, -0.05) is 0 Å². The summed E-state index contributed by atoms with van der Waals surface area (Å²) in [6.45, 7) is 5.55. The van der Waals surface area contributed by atoms with Gasteiger partial charge < -0.3 is 15.4 Å². The molecule has 2 N–H and O–H groups in total. The molecule has 1 aliphatic rings. The molecule has 156 valence electrons. The van der Waals surface area contributed by atoms with Gasteiger partial charge >= 0.3 is 12.2 Å². The third kappa shape index (κ3) is 4.67. The van der Waals surface area contributed by atoms with Gasteiger partial charge in [0.1, 0.15) is 0 Å². The zero-order valence-electron chi connectivity index (χ0n) is 16.6. The number of amides is 2. The van der Waals surface area contributed by atoms with Crippen molar-refractivity contribution in [3.8, 4) is 0 Å². The van der Waals surface area contributed by atoms with Gasteiger partial charge in [-0.2, -0.15) is 13.2 Å². The first-order valence-electron chi connectivity index (χ1n) is 9.25. The highest BCUT2D eigenvalue weighted by Crippen LogP contribution is 2.45. The number of urea groups is 1. The summed E-state index contributed by atoms with van der Waals surface area (Å²) < 4.78 is 45.5. The number of alkyl halides is 3. The molecule has 0 radical (unpaired) electrons. The number of hydrogen-bond donors (Lipinski definition) is 2. The van der Waals surface area contributed by atoms with E-state index < -0.39 is 17.8 Å². The minimum absolute atomic E-state index is 0.0302. The van der Waals surface area contributed by atoms with Crippen LogP contribution in [0.4, 0.5) is 29.3 Å². The topological polar surface area (TPSA) is 76.1 Å². The molecule has 0 bridgehead atoms. The third-order valence-electron chi connectivity index (χ3n) is 5.08. The second-order valence-electron chi connectivity index (χ2n) is 7.18. The Morgan fingerprint density at radius 3 is 2.48 bits per heavy atom. The molecule has 0 saturated heterocycles. The SMILES string of the molecule is CO[C@H](C)c1c(NC(=O)Nc2cnc(C3CC3)c(C(F)(F)F)c2)cnc(C)c1C. The van der Waals surface area contributed by atoms with E-state index in [1.807, 2.05) is 20.8 Å². The molecule has 0 aliphatic heterocycles. The zero-order valence-corrected chi connectivity index (χ0v) is 16.6. The first-order valence-corrected chi connectivity index (χ1v) is 9.25. The van der Waals surface area contributed by atoms with Gasteiger partial charge in [0.05, 0.1) is 41.1 Å². The molecular formula is C20H23F3N4O2. The molecule has 0 aromatic carbocycles. The summed E-state index contributed by atoms with van der Waals surface area (Å²) in [5.41, 5.74) is 2.05. The fourth-order valence-corrected chi connectivity index (χ4v) is 3.20. The summed E-state index contributed by atoms with van der Waals surface area (Å²) in [6.07, 6.45) is -0.684. The molecule has 2 heterocycles. The summed E-state index contributed by atoms with van der Waals surface area (Å²) in [7, 11) is 1.55. The van der Waals surface area contributed by atoms with E-state index in [0.29, 0.717) is 18.5 Å². The first kappa shape index (κ1) is 21.0. The number of pyridine rings is 2. The molecule has 1 fully saturated rings. The number of halogens is 3. The number of nitrogens with zero attached hydrogens (tertiary/aromatic N) is 2. The van der Waals surface area contributed by atoms with E-state index in [1.54, 1.807) is 7.11 Å². The van der Waals surface area contributed by atoms with Crippen molar-refractivity contribution in [2.45, 2.75) is 51.8 Å². The second-order valence-corrected chi connectivity index (χ2v) is 7.18. The number of hydrogen-bond acceptors (Lipinski definition) is 4. The number of aromatic nitrogens is 2. The Labute approximate surface area is 166 Å². The molecule has 9 heteroatoms. The number of aryl methyl sites for hydroxylation is 1. The average Bonchev–Trinajstić information content (AvgIpc) is 3.49. The van der Waals surface area contributed by atoms with Crippen LogP contribution in [0.3, 0.4) is 0 Å². The van der Waals surface area contributed by atoms with Gasteiger partial charge in [-0.15, -0.1) is 0 Å². The lowest BCUT2D eigenvalue weighted by molar-refractivity contribution is -0.138. The predicted molar refractivity (Wildman–Crippen MR) is 103 cm³/mol. The van der Waals surface area contributed by atoms with E-state index in [2.05, 4.69) is 20.6 Å². The maximum absolute atomic E-state index is 13.4. The normalized spacial score (nSPS) is 15.1. The largest absolute Gasteiger partial charge is 0.418 e. The van der Waals surface area contributed by atoms with Crippen molar-refractivity contribution in [2.24, 2.45) is 0 Å². The van der Waals surface area contributed by atoms with Crippen molar-refractivity contribution < 1.29 is 22.7 Å². The standard InChI is InChI=1S/C20H23F3N4O2/c1-10-11(2)24-9-16(17(10)12(3)29-4)27-19(28)26-14-7-15(20(21,22)23)18(25-8-14)13-5-6-13/h7-9,12-13H,5-6H2,1-4H3,(H2,26,27,28)/t12-/m1/s1. The molecule has 6 nitrogen and oxygen atoms in total. The van der Waals surface area contributed by atoms with Crippen LogP contribution in [0.2, 0.25) is 0 Å². The summed E-state index contributed by atoms with van der Waals surface area (Å²) in [4.78, 5) is 20.6. The Bertz CT molecular complexity index is 927. The first-order chi connectivity index (χ1) is 13.6. The number of rotatable bonds is 5. The van der Waals surface area contributed by atoms with E-state index in [0.717, 1.165) is 22.9 Å². The fraction of sp³-hybridized carbons (Fsp3) is 0.450. The number of carbonyl (C=O) groups excluding carboxylic acids is 1. The third-order valence-corrected chi connectivity index (χ3v) is 5.08. The molecule has 1 saturated carbocycles. The van der Waals surface area contributed by atoms with Crippen molar-refractivity contribution in [1.82, 2.24) is 9.97 Å². The van der Waals surface area contributed by atoms with E-state index >= 15 is 0 Å². The quantitative estimate of drug-likeness (QED) is 0.700. The minimum atomic E-state index is -4.53. The van der Waals surface area contributed by atoms with Crippen molar-refractivity contribution in [1.29, 1.82) is 0 Å². The molecule has 2 aromatic rings. The van der Waals surface area contributed by atoms with Gasteiger partial charge in [-0.05, 0) is 45.2 Å². The highest BCUT2D eigenvalue weighted by atomic mass is 19.4. The van der Waals surface area contributed by atoms with Gasteiger partial charge in [-0.25, -0.2) is 4.79 Å². The van der Waals surface area contributed by atoms with Gasteiger partial charge in [0, 0.05) is 24.3 Å². The van der Waals surface area contributed by atoms with E-state index in [1.165, 1.54) is 12.4 Å². The summed E-state index contributed by atoms with van der Waals surface area (Å²) >= 11 is 0. The highest BCUT2D eigenvalue weighted by Gasteiger charge is 2.39. The Kier molecular flexibility index (Phi) is 5.79. The van der Waals surface area contributed by atoms with Crippen LogP contribution in [0.15, 0.2) is 18.5 Å². The van der Waals surface area contributed by atoms with Crippen molar-refractivity contribution >= 4 is 17.4 Å². The summed E-state index contributed by atoms with van der Waals surface area (Å²) in [5.74, 6) is -0.158. The fourth-order valence-electron chi connectivity index (χ4n) is 3.20. The Balaban J connectivity index is 1.82. The number of anilines is 2. The van der Waals surface area contributed by atoms with Crippen LogP contribution in [0, 0.1) is 13.8 Å². The van der Waals surface area contributed by atoms with Crippen molar-refractivity contribution in [3.63, 3.8) is 0 Å². The molecule has 0 unspecified atom stereocenters. The van der Waals surface area contributed by atoms with E-state index in [9.17, 15) is 18.0 Å². The van der Waals surface area contributed by atoms with Gasteiger partial charge in [0.2, 0.25) is 0 Å². The Morgan fingerprint density at radius 2 is 1.90 bits per heavy atom. The molecule has 2 aromatic heterocycles. The number of nitrogens with one attached hydrogen (secondary N) is 2. The van der Waals surface area contributed by atoms with Crippen LogP contribution in [0.1, 0.15) is 59.9 Å². The van der Waals surface area contributed by atoms with E-state index in [4.69, 9.17) is 4.74 Å². The van der Waals surface area contributed by atoms with Crippen molar-refractivity contribution in [2.75, 3.05) is 17.7 Å². The van der Waals surface area contributed by atoms with Crippen LogP contribution in [-0.4, -0.2) is 23.1 Å². The lowest BCUT2D eigenvalue weighted by Gasteiger charge is -2.20. The maximum atomic E-state index is 13.4. The Morgan fingerprint density at radius 1 is 1.21 bits per heavy atom. The van der Waals surface area contributed by atoms with Gasteiger partial charge in [0.25, 0.3) is 0 Å². The van der Waals surface area contributed by atoms with Crippen LogP contribution in [0.5, 0.6) is 0 Å². The number of methoxy groups -OCH3 is 1. The molecule has 3 rings (SSSR count). The zero-order chi connectivity index (χ0) is 21.3.